The fraction of sp³-hybridized carbons (Fsp3) is 0.308. The highest BCUT2D eigenvalue weighted by atomic mass is 32.2. The van der Waals surface area contributed by atoms with Crippen molar-refractivity contribution < 1.29 is 8.42 Å². The molecule has 0 radical (unpaired) electrons. The van der Waals surface area contributed by atoms with Gasteiger partial charge >= 0.3 is 0 Å². The largest absolute Gasteiger partial charge is 0.324 e. The zero-order valence-corrected chi connectivity index (χ0v) is 12.2. The van der Waals surface area contributed by atoms with E-state index in [4.69, 9.17) is 5.73 Å². The van der Waals surface area contributed by atoms with Crippen LogP contribution in [0, 0.1) is 0 Å². The summed E-state index contributed by atoms with van der Waals surface area (Å²) in [6, 6.07) is 6.07. The Kier molecular flexibility index (Phi) is 4.22. The topological polar surface area (TPSA) is 101 Å². The van der Waals surface area contributed by atoms with Crippen LogP contribution in [0.1, 0.15) is 37.1 Å². The number of nitrogens with one attached hydrogen (secondary N) is 2. The summed E-state index contributed by atoms with van der Waals surface area (Å²) in [5.74, 6) is 0. The summed E-state index contributed by atoms with van der Waals surface area (Å²) in [6.07, 6.45) is 3.25. The molecule has 0 aliphatic heterocycles. The number of hydrogen-bond acceptors (Lipinski definition) is 4. The number of H-pyrrole nitrogens is 1. The lowest BCUT2D eigenvalue weighted by Gasteiger charge is -2.14. The van der Waals surface area contributed by atoms with Crippen molar-refractivity contribution in [2.75, 3.05) is 0 Å². The highest BCUT2D eigenvalue weighted by molar-refractivity contribution is 7.89. The van der Waals surface area contributed by atoms with E-state index in [1.165, 1.54) is 0 Å². The zero-order chi connectivity index (χ0) is 14.8. The molecule has 20 heavy (non-hydrogen) atoms. The van der Waals surface area contributed by atoms with Gasteiger partial charge in [0.1, 0.15) is 0 Å². The summed E-state index contributed by atoms with van der Waals surface area (Å²) in [7, 11) is -3.59. The molecule has 7 heteroatoms. The molecule has 1 heterocycles. The smallest absolute Gasteiger partial charge is 0.241 e. The molecule has 0 saturated carbocycles. The van der Waals surface area contributed by atoms with E-state index in [2.05, 4.69) is 14.9 Å². The third kappa shape index (κ3) is 3.24. The Morgan fingerprint density at radius 2 is 2.05 bits per heavy atom. The Hall–Kier alpha value is -1.70. The van der Waals surface area contributed by atoms with Gasteiger partial charge in [-0.1, -0.05) is 12.1 Å². The van der Waals surface area contributed by atoms with Gasteiger partial charge in [0.15, 0.2) is 0 Å². The summed E-state index contributed by atoms with van der Waals surface area (Å²) in [6.45, 7) is 3.57. The average Bonchev–Trinajstić information content (AvgIpc) is 2.92. The van der Waals surface area contributed by atoms with Crippen molar-refractivity contribution in [3.63, 3.8) is 0 Å². The molecule has 4 N–H and O–H groups in total. The Morgan fingerprint density at radius 3 is 2.65 bits per heavy atom. The second-order valence-corrected chi connectivity index (χ2v) is 6.45. The first-order valence-electron chi connectivity index (χ1n) is 6.26. The van der Waals surface area contributed by atoms with Crippen molar-refractivity contribution in [3.05, 3.63) is 47.8 Å². The Balaban J connectivity index is 2.24. The van der Waals surface area contributed by atoms with Gasteiger partial charge in [0.2, 0.25) is 10.0 Å². The maximum atomic E-state index is 12.3. The summed E-state index contributed by atoms with van der Waals surface area (Å²) >= 11 is 0. The van der Waals surface area contributed by atoms with Crippen LogP contribution in [-0.4, -0.2) is 18.6 Å². The van der Waals surface area contributed by atoms with Gasteiger partial charge < -0.3 is 5.73 Å². The lowest BCUT2D eigenvalue weighted by Crippen LogP contribution is -2.26. The first kappa shape index (κ1) is 14.7. The highest BCUT2D eigenvalue weighted by Gasteiger charge is 2.19. The van der Waals surface area contributed by atoms with Crippen LogP contribution in [0.4, 0.5) is 0 Å². The van der Waals surface area contributed by atoms with Crippen LogP contribution in [0.3, 0.4) is 0 Å². The third-order valence-electron chi connectivity index (χ3n) is 3.05. The van der Waals surface area contributed by atoms with E-state index in [0.29, 0.717) is 0 Å². The molecular formula is C13H18N4O2S. The molecule has 0 amide bonds. The van der Waals surface area contributed by atoms with Gasteiger partial charge in [-0.2, -0.15) is 5.10 Å². The van der Waals surface area contributed by atoms with Gasteiger partial charge in [-0.05, 0) is 31.5 Å². The fourth-order valence-electron chi connectivity index (χ4n) is 1.83. The van der Waals surface area contributed by atoms with Crippen LogP contribution in [0.5, 0.6) is 0 Å². The number of aromatic nitrogens is 2. The van der Waals surface area contributed by atoms with Gasteiger partial charge in [-0.25, -0.2) is 13.1 Å². The summed E-state index contributed by atoms with van der Waals surface area (Å²) in [5, 5.41) is 6.47. The summed E-state index contributed by atoms with van der Waals surface area (Å²) in [5.41, 5.74) is 7.33. The number of rotatable bonds is 5. The summed E-state index contributed by atoms with van der Waals surface area (Å²) < 4.78 is 27.3. The number of sulfonamides is 1. The number of aromatic amines is 1. The first-order valence-corrected chi connectivity index (χ1v) is 7.75. The van der Waals surface area contributed by atoms with Crippen LogP contribution < -0.4 is 10.5 Å². The molecular weight excluding hydrogens is 276 g/mol. The van der Waals surface area contributed by atoms with E-state index >= 15 is 0 Å². The molecule has 2 atom stereocenters. The van der Waals surface area contributed by atoms with E-state index in [1.54, 1.807) is 37.5 Å². The third-order valence-corrected chi connectivity index (χ3v) is 4.58. The van der Waals surface area contributed by atoms with Crippen LogP contribution in [0.2, 0.25) is 0 Å². The molecule has 0 aliphatic rings. The normalized spacial score (nSPS) is 14.9. The molecule has 0 fully saturated rings. The van der Waals surface area contributed by atoms with Crippen molar-refractivity contribution in [1.29, 1.82) is 0 Å². The van der Waals surface area contributed by atoms with Crippen molar-refractivity contribution in [3.8, 4) is 0 Å². The number of nitrogens with two attached hydrogens (primary N) is 1. The highest BCUT2D eigenvalue weighted by Crippen LogP contribution is 2.19. The van der Waals surface area contributed by atoms with E-state index in [9.17, 15) is 8.42 Å². The molecule has 6 nitrogen and oxygen atoms in total. The molecule has 0 bridgehead atoms. The molecule has 0 saturated heterocycles. The van der Waals surface area contributed by atoms with Gasteiger partial charge in [0.05, 0.1) is 11.1 Å². The molecule has 0 aliphatic carbocycles. The van der Waals surface area contributed by atoms with Crippen LogP contribution >= 0.6 is 0 Å². The molecule has 2 aromatic rings. The number of nitrogens with zero attached hydrogens (tertiary/aromatic N) is 1. The standard InChI is InChI=1S/C13H18N4O2S/c1-9(14)11-4-3-5-13(6-11)20(18,19)17-10(2)12-7-15-16-8-12/h3-10,17H,14H2,1-2H3,(H,15,16). The van der Waals surface area contributed by atoms with Crippen LogP contribution in [-0.2, 0) is 10.0 Å². The molecule has 2 unspecified atom stereocenters. The van der Waals surface area contributed by atoms with Gasteiger partial charge in [-0.3, -0.25) is 5.10 Å². The van der Waals surface area contributed by atoms with Crippen LogP contribution in [0.15, 0.2) is 41.6 Å². The van der Waals surface area contributed by atoms with Crippen molar-refractivity contribution in [2.24, 2.45) is 5.73 Å². The number of benzene rings is 1. The Labute approximate surface area is 118 Å². The van der Waals surface area contributed by atoms with Crippen molar-refractivity contribution in [2.45, 2.75) is 30.8 Å². The molecule has 108 valence electrons. The second kappa shape index (κ2) is 5.74. The van der Waals surface area contributed by atoms with E-state index in [1.807, 2.05) is 13.0 Å². The molecule has 1 aromatic heterocycles. The molecule has 0 spiro atoms. The lowest BCUT2D eigenvalue weighted by atomic mass is 10.1. The maximum absolute atomic E-state index is 12.3. The van der Waals surface area contributed by atoms with Crippen molar-refractivity contribution in [1.82, 2.24) is 14.9 Å². The summed E-state index contributed by atoms with van der Waals surface area (Å²) in [4.78, 5) is 0.211. The SMILES string of the molecule is CC(N)c1cccc(S(=O)(=O)NC(C)c2cn[nH]c2)c1. The number of hydrogen-bond donors (Lipinski definition) is 3. The van der Waals surface area contributed by atoms with Crippen molar-refractivity contribution >= 4 is 10.0 Å². The first-order chi connectivity index (χ1) is 9.40. The minimum absolute atomic E-state index is 0.211. The Morgan fingerprint density at radius 1 is 1.30 bits per heavy atom. The molecule has 1 aromatic carbocycles. The molecule has 2 rings (SSSR count). The minimum atomic E-state index is -3.59. The van der Waals surface area contributed by atoms with Gasteiger partial charge in [-0.15, -0.1) is 0 Å². The van der Waals surface area contributed by atoms with E-state index < -0.39 is 10.0 Å². The quantitative estimate of drug-likeness (QED) is 0.777. The lowest BCUT2D eigenvalue weighted by molar-refractivity contribution is 0.566. The maximum Gasteiger partial charge on any atom is 0.241 e. The average molecular weight is 294 g/mol. The fourth-order valence-corrected chi connectivity index (χ4v) is 3.12. The second-order valence-electron chi connectivity index (χ2n) is 4.74. The van der Waals surface area contributed by atoms with Gasteiger partial charge in [0, 0.05) is 23.8 Å². The van der Waals surface area contributed by atoms with Gasteiger partial charge in [0.25, 0.3) is 0 Å². The van der Waals surface area contributed by atoms with E-state index in [-0.39, 0.29) is 17.0 Å². The predicted molar refractivity (Wildman–Crippen MR) is 76.4 cm³/mol. The zero-order valence-electron chi connectivity index (χ0n) is 11.4. The van der Waals surface area contributed by atoms with E-state index in [0.717, 1.165) is 11.1 Å². The Bertz CT molecular complexity index is 665. The minimum Gasteiger partial charge on any atom is -0.324 e. The predicted octanol–water partition coefficient (Wildman–Crippen LogP) is 1.47. The van der Waals surface area contributed by atoms with Crippen LogP contribution in [0.25, 0.3) is 0 Å². The monoisotopic (exact) mass is 294 g/mol.